The van der Waals surface area contributed by atoms with Crippen LogP contribution in [0.1, 0.15) is 54.4 Å². The Morgan fingerprint density at radius 2 is 0.875 bits per heavy atom. The van der Waals surface area contributed by atoms with Crippen LogP contribution in [0.15, 0.2) is 14.4 Å². The molecule has 1 aromatic rings. The molecule has 0 bridgehead atoms. The molecule has 0 saturated heterocycles. The van der Waals surface area contributed by atoms with Crippen LogP contribution in [0, 0.1) is 0 Å². The van der Waals surface area contributed by atoms with Crippen molar-refractivity contribution in [2.24, 2.45) is 0 Å². The zero-order valence-corrected chi connectivity index (χ0v) is 27.0. The van der Waals surface area contributed by atoms with E-state index in [4.69, 9.17) is 26.6 Å². The molecule has 0 aliphatic rings. The van der Waals surface area contributed by atoms with Gasteiger partial charge in [-0.2, -0.15) is 0 Å². The number of methoxy groups -OCH3 is 1. The third kappa shape index (κ3) is 10.2. The summed E-state index contributed by atoms with van der Waals surface area (Å²) in [5.41, 5.74) is -2.56. The molecule has 0 spiro atoms. The fourth-order valence-electron chi connectivity index (χ4n) is 4.30. The Hall–Kier alpha value is -1.93. The minimum absolute atomic E-state index is 0.0311. The van der Waals surface area contributed by atoms with Gasteiger partial charge in [-0.25, -0.2) is 28.1 Å². The average Bonchev–Trinajstić information content (AvgIpc) is 2.91. The summed E-state index contributed by atoms with van der Waals surface area (Å²) in [6.07, 6.45) is 0.625. The van der Waals surface area contributed by atoms with Crippen molar-refractivity contribution in [3.8, 4) is 0 Å². The quantitative estimate of drug-likeness (QED) is 0.138. The van der Waals surface area contributed by atoms with Gasteiger partial charge in [0.25, 0.3) is 0 Å². The lowest BCUT2D eigenvalue weighted by Crippen LogP contribution is -2.55. The smallest absolute Gasteiger partial charge is 0.468 e. The molecule has 232 valence electrons. The van der Waals surface area contributed by atoms with E-state index in [1.807, 2.05) is 41.5 Å². The van der Waals surface area contributed by atoms with Crippen molar-refractivity contribution in [1.29, 1.82) is 0 Å². The van der Waals surface area contributed by atoms with Gasteiger partial charge in [-0.15, -0.1) is 0 Å². The largest absolute Gasteiger partial charge is 0.500 e. The van der Waals surface area contributed by atoms with Crippen LogP contribution in [0.5, 0.6) is 0 Å². The van der Waals surface area contributed by atoms with E-state index in [2.05, 4.69) is 4.74 Å². The van der Waals surface area contributed by atoms with Crippen molar-refractivity contribution in [3.63, 3.8) is 0 Å². The molecule has 0 fully saturated rings. The van der Waals surface area contributed by atoms with E-state index in [0.29, 0.717) is 69.1 Å². The number of hydrogen-bond donors (Lipinski definition) is 0. The molecule has 14 nitrogen and oxygen atoms in total. The fraction of sp³-hybridized carbons (Fsp3) is 0.833. The zero-order chi connectivity index (χ0) is 30.2. The Morgan fingerprint density at radius 1 is 0.575 bits per heavy atom. The van der Waals surface area contributed by atoms with Gasteiger partial charge in [-0.3, -0.25) is 4.79 Å². The maximum atomic E-state index is 13.4. The number of carbonyl (C=O) groups excluding carboxylic acids is 1. The van der Waals surface area contributed by atoms with Crippen molar-refractivity contribution in [3.05, 3.63) is 31.5 Å². The van der Waals surface area contributed by atoms with Crippen LogP contribution in [0.2, 0.25) is 12.1 Å². The molecular weight excluding hydrogens is 562 g/mol. The molecular formula is C24H47N3O11Si2. The third-order valence-corrected chi connectivity index (χ3v) is 12.1. The minimum atomic E-state index is -3.02. The monoisotopic (exact) mass is 609 g/mol. The molecule has 0 aromatic carbocycles. The second kappa shape index (κ2) is 18.5. The standard InChI is InChI=1S/C24H47N3O11Si2/c1-8-33-39(34-9-2,35-10-3)18-14-16-25-22(29)26(24(31)27(23(25)30)20-21(28)32-7)17-15-19-40(36-11-4,37-12-5)38-13-6/h8-20H2,1-7H3. The number of esters is 1. The summed E-state index contributed by atoms with van der Waals surface area (Å²) in [7, 11) is -4.89. The van der Waals surface area contributed by atoms with Crippen LogP contribution in [0.4, 0.5) is 0 Å². The Labute approximate surface area is 237 Å². The summed E-state index contributed by atoms with van der Waals surface area (Å²) < 4.78 is 42.5. The van der Waals surface area contributed by atoms with E-state index in [1.54, 1.807) is 0 Å². The Kier molecular flexibility index (Phi) is 16.7. The van der Waals surface area contributed by atoms with E-state index in [0.717, 1.165) is 16.2 Å². The van der Waals surface area contributed by atoms with Gasteiger partial charge in [0.05, 0.1) is 7.11 Å². The Morgan fingerprint density at radius 3 is 1.15 bits per heavy atom. The molecule has 0 atom stereocenters. The first-order valence-electron chi connectivity index (χ1n) is 14.0. The highest BCUT2D eigenvalue weighted by Crippen LogP contribution is 2.19. The molecule has 16 heteroatoms. The molecule has 40 heavy (non-hydrogen) atoms. The van der Waals surface area contributed by atoms with Gasteiger partial charge in [-0.05, 0) is 54.4 Å². The van der Waals surface area contributed by atoms with Crippen molar-refractivity contribution < 1.29 is 36.1 Å². The van der Waals surface area contributed by atoms with Gasteiger partial charge >= 0.3 is 40.6 Å². The molecule has 0 N–H and O–H groups in total. The Bertz CT molecular complexity index is 969. The first-order chi connectivity index (χ1) is 19.1. The second-order valence-corrected chi connectivity index (χ2v) is 13.9. The number of aromatic nitrogens is 3. The summed E-state index contributed by atoms with van der Waals surface area (Å²) >= 11 is 0. The summed E-state index contributed by atoms with van der Waals surface area (Å²) in [5.74, 6) is -0.790. The van der Waals surface area contributed by atoms with E-state index < -0.39 is 47.2 Å². The lowest BCUT2D eigenvalue weighted by molar-refractivity contribution is -0.141. The number of nitrogens with zero attached hydrogens (tertiary/aromatic N) is 3. The highest BCUT2D eigenvalue weighted by atomic mass is 28.4. The molecule has 1 aromatic heterocycles. The van der Waals surface area contributed by atoms with Crippen molar-refractivity contribution in [2.75, 3.05) is 46.8 Å². The van der Waals surface area contributed by atoms with E-state index in [-0.39, 0.29) is 13.1 Å². The predicted octanol–water partition coefficient (Wildman–Crippen LogP) is 1.22. The van der Waals surface area contributed by atoms with Gasteiger partial charge in [0, 0.05) is 64.8 Å². The van der Waals surface area contributed by atoms with Crippen LogP contribution in [0.25, 0.3) is 0 Å². The predicted molar refractivity (Wildman–Crippen MR) is 151 cm³/mol. The van der Waals surface area contributed by atoms with Gasteiger partial charge in [-0.1, -0.05) is 0 Å². The molecule has 0 saturated carbocycles. The number of carbonyl (C=O) groups is 1. The molecule has 0 aliphatic heterocycles. The maximum absolute atomic E-state index is 13.4. The number of rotatable bonds is 22. The minimum Gasteiger partial charge on any atom is -0.468 e. The molecule has 0 aliphatic carbocycles. The maximum Gasteiger partial charge on any atom is 0.500 e. The number of ether oxygens (including phenoxy) is 1. The first kappa shape index (κ1) is 36.1. The molecule has 1 heterocycles. The summed E-state index contributed by atoms with van der Waals surface area (Å²) in [6.45, 7) is 12.7. The highest BCUT2D eigenvalue weighted by molar-refractivity contribution is 6.61. The van der Waals surface area contributed by atoms with E-state index in [1.165, 1.54) is 0 Å². The van der Waals surface area contributed by atoms with Gasteiger partial charge in [0.2, 0.25) is 0 Å². The highest BCUT2D eigenvalue weighted by Gasteiger charge is 2.41. The average molecular weight is 610 g/mol. The summed E-state index contributed by atoms with van der Waals surface area (Å²) in [6, 6.07) is 0.714. The number of hydrogen-bond acceptors (Lipinski definition) is 11. The molecule has 0 radical (unpaired) electrons. The summed E-state index contributed by atoms with van der Waals surface area (Å²) in [5, 5.41) is 0. The van der Waals surface area contributed by atoms with Crippen LogP contribution in [-0.4, -0.2) is 84.0 Å². The molecule has 1 rings (SSSR count). The zero-order valence-electron chi connectivity index (χ0n) is 25.0. The lowest BCUT2D eigenvalue weighted by atomic mass is 10.4. The first-order valence-corrected chi connectivity index (χ1v) is 17.8. The van der Waals surface area contributed by atoms with Crippen LogP contribution < -0.4 is 17.1 Å². The van der Waals surface area contributed by atoms with Crippen LogP contribution >= 0.6 is 0 Å². The molecule has 0 amide bonds. The van der Waals surface area contributed by atoms with E-state index >= 15 is 0 Å². The van der Waals surface area contributed by atoms with Crippen LogP contribution in [0.3, 0.4) is 0 Å². The lowest BCUT2D eigenvalue weighted by Gasteiger charge is -2.28. The van der Waals surface area contributed by atoms with Crippen molar-refractivity contribution >= 4 is 23.6 Å². The van der Waals surface area contributed by atoms with Gasteiger partial charge in [0.1, 0.15) is 6.54 Å². The topological polar surface area (TPSA) is 148 Å². The van der Waals surface area contributed by atoms with Crippen LogP contribution in [-0.2, 0) is 55.7 Å². The molecule has 0 unspecified atom stereocenters. The third-order valence-electron chi connectivity index (χ3n) is 5.82. The fourth-order valence-corrected chi connectivity index (χ4v) is 9.49. The Balaban J connectivity index is 3.39. The van der Waals surface area contributed by atoms with Crippen molar-refractivity contribution in [1.82, 2.24) is 13.7 Å². The van der Waals surface area contributed by atoms with E-state index in [9.17, 15) is 19.2 Å². The van der Waals surface area contributed by atoms with Gasteiger partial charge in [0.15, 0.2) is 0 Å². The SMILES string of the molecule is CCO[Si](CCCn1c(=O)n(CCC[Si](OCC)(OCC)OCC)c(=O)n(CC(=O)OC)c1=O)(OCC)OCC. The van der Waals surface area contributed by atoms with Gasteiger partial charge < -0.3 is 31.3 Å². The summed E-state index contributed by atoms with van der Waals surface area (Å²) in [4.78, 5) is 51.8. The normalized spacial score (nSPS) is 12.2. The second-order valence-electron chi connectivity index (χ2n) is 8.48. The van der Waals surface area contributed by atoms with Crippen molar-refractivity contribution in [2.45, 2.75) is 86.1 Å².